The van der Waals surface area contributed by atoms with E-state index in [2.05, 4.69) is 70.2 Å². The molecular formula is C34H28N6. The van der Waals surface area contributed by atoms with Gasteiger partial charge >= 0.3 is 0 Å². The standard InChI is InChI=1S/C34H28N6/c1-23-7-11-35-31(15-23)33-19-25(9-13-37-33)17-27-3-5-29(39-21-27)30-6-4-28(22-40-30)18-26-10-14-38-34(20-26)32-16-24(2)8-12-36-32/h3-16,19-22H,17-18H2,1-2H3. The summed E-state index contributed by atoms with van der Waals surface area (Å²) >= 11 is 0. The zero-order chi connectivity index (χ0) is 27.3. The average Bonchev–Trinajstić information content (AvgIpc) is 2.98. The molecule has 6 rings (SSSR count). The van der Waals surface area contributed by atoms with Crippen LogP contribution < -0.4 is 0 Å². The molecule has 0 spiro atoms. The molecule has 6 aromatic heterocycles. The molecule has 0 aliphatic rings. The van der Waals surface area contributed by atoms with Crippen molar-refractivity contribution in [1.29, 1.82) is 0 Å². The van der Waals surface area contributed by atoms with Gasteiger partial charge in [0.15, 0.2) is 0 Å². The third kappa shape index (κ3) is 5.97. The maximum absolute atomic E-state index is 4.70. The summed E-state index contributed by atoms with van der Waals surface area (Å²) in [4.78, 5) is 27.3. The van der Waals surface area contributed by atoms with Gasteiger partial charge in [-0.3, -0.25) is 29.9 Å². The fraction of sp³-hybridized carbons (Fsp3) is 0.118. The zero-order valence-corrected chi connectivity index (χ0v) is 22.5. The van der Waals surface area contributed by atoms with Gasteiger partial charge in [-0.15, -0.1) is 0 Å². The molecular weight excluding hydrogens is 492 g/mol. The lowest BCUT2D eigenvalue weighted by Gasteiger charge is -2.07. The van der Waals surface area contributed by atoms with Crippen LogP contribution in [0.25, 0.3) is 34.2 Å². The molecule has 0 saturated carbocycles. The highest BCUT2D eigenvalue weighted by molar-refractivity contribution is 5.58. The van der Waals surface area contributed by atoms with Gasteiger partial charge in [0.05, 0.1) is 34.2 Å². The first-order valence-electron chi connectivity index (χ1n) is 13.3. The van der Waals surface area contributed by atoms with Gasteiger partial charge in [0.25, 0.3) is 0 Å². The Kier molecular flexibility index (Phi) is 7.14. The van der Waals surface area contributed by atoms with E-state index in [0.717, 1.165) is 58.1 Å². The van der Waals surface area contributed by atoms with Crippen molar-refractivity contribution in [1.82, 2.24) is 29.9 Å². The molecule has 6 nitrogen and oxygen atoms in total. The van der Waals surface area contributed by atoms with Crippen LogP contribution in [0, 0.1) is 13.8 Å². The summed E-state index contributed by atoms with van der Waals surface area (Å²) in [6.07, 6.45) is 12.7. The zero-order valence-electron chi connectivity index (χ0n) is 22.5. The lowest BCUT2D eigenvalue weighted by atomic mass is 10.0. The Morgan fingerprint density at radius 3 is 1.15 bits per heavy atom. The summed E-state index contributed by atoms with van der Waals surface area (Å²) in [6, 6.07) is 24.6. The molecule has 0 saturated heterocycles. The topological polar surface area (TPSA) is 77.3 Å². The quantitative estimate of drug-likeness (QED) is 0.229. The van der Waals surface area contributed by atoms with Crippen molar-refractivity contribution in [3.63, 3.8) is 0 Å². The van der Waals surface area contributed by atoms with Gasteiger partial charge in [-0.1, -0.05) is 12.1 Å². The van der Waals surface area contributed by atoms with Crippen molar-refractivity contribution < 1.29 is 0 Å². The Balaban J connectivity index is 1.12. The lowest BCUT2D eigenvalue weighted by molar-refractivity contribution is 1.11. The smallest absolute Gasteiger partial charge is 0.0889 e. The summed E-state index contributed by atoms with van der Waals surface area (Å²) in [6.45, 7) is 4.12. The predicted octanol–water partition coefficient (Wildman–Crippen LogP) is 6.86. The van der Waals surface area contributed by atoms with Gasteiger partial charge in [0, 0.05) is 37.2 Å². The number of rotatable bonds is 7. The summed E-state index contributed by atoms with van der Waals surface area (Å²) in [5.41, 5.74) is 12.2. The highest BCUT2D eigenvalue weighted by Gasteiger charge is 2.08. The van der Waals surface area contributed by atoms with Crippen LogP contribution >= 0.6 is 0 Å². The first-order chi connectivity index (χ1) is 19.6. The van der Waals surface area contributed by atoms with E-state index in [9.17, 15) is 0 Å². The van der Waals surface area contributed by atoms with Crippen LogP contribution in [0.15, 0.2) is 110 Å². The van der Waals surface area contributed by atoms with Crippen LogP contribution in [0.2, 0.25) is 0 Å². The van der Waals surface area contributed by atoms with E-state index >= 15 is 0 Å². The summed E-state index contributed by atoms with van der Waals surface area (Å²) < 4.78 is 0. The molecule has 6 heteroatoms. The molecule has 0 N–H and O–H groups in total. The van der Waals surface area contributed by atoms with Crippen LogP contribution in [0.1, 0.15) is 33.4 Å². The lowest BCUT2D eigenvalue weighted by Crippen LogP contribution is -1.96. The number of aryl methyl sites for hydroxylation is 2. The second kappa shape index (κ2) is 11.3. The van der Waals surface area contributed by atoms with E-state index in [4.69, 9.17) is 9.97 Å². The minimum atomic E-state index is 0.771. The van der Waals surface area contributed by atoms with Gasteiger partial charge < -0.3 is 0 Å². The van der Waals surface area contributed by atoms with Crippen LogP contribution in [-0.2, 0) is 12.8 Å². The van der Waals surface area contributed by atoms with E-state index in [1.165, 1.54) is 22.3 Å². The van der Waals surface area contributed by atoms with Crippen LogP contribution in [0.4, 0.5) is 0 Å². The Morgan fingerprint density at radius 2 is 0.775 bits per heavy atom. The first kappa shape index (κ1) is 25.2. The van der Waals surface area contributed by atoms with E-state index in [1.54, 1.807) is 0 Å². The van der Waals surface area contributed by atoms with Gasteiger partial charge in [-0.25, -0.2) is 0 Å². The highest BCUT2D eigenvalue weighted by atomic mass is 14.8. The molecule has 0 unspecified atom stereocenters. The van der Waals surface area contributed by atoms with Crippen molar-refractivity contribution in [2.75, 3.05) is 0 Å². The third-order valence-corrected chi connectivity index (χ3v) is 6.73. The molecule has 0 aliphatic heterocycles. The van der Waals surface area contributed by atoms with Crippen molar-refractivity contribution in [2.24, 2.45) is 0 Å². The molecule has 6 aromatic rings. The van der Waals surface area contributed by atoms with Crippen molar-refractivity contribution in [3.8, 4) is 34.2 Å². The second-order valence-electron chi connectivity index (χ2n) is 9.99. The number of pyridine rings is 6. The fourth-order valence-electron chi connectivity index (χ4n) is 4.63. The Morgan fingerprint density at radius 1 is 0.375 bits per heavy atom. The maximum Gasteiger partial charge on any atom is 0.0889 e. The largest absolute Gasteiger partial charge is 0.255 e. The summed E-state index contributed by atoms with van der Waals surface area (Å²) in [5.74, 6) is 0. The molecule has 0 atom stereocenters. The van der Waals surface area contributed by atoms with Gasteiger partial charge in [0.1, 0.15) is 0 Å². The Hall–Kier alpha value is -5.10. The number of hydrogen-bond donors (Lipinski definition) is 0. The van der Waals surface area contributed by atoms with E-state index in [-0.39, 0.29) is 0 Å². The first-order valence-corrected chi connectivity index (χ1v) is 13.3. The van der Waals surface area contributed by atoms with Crippen LogP contribution in [-0.4, -0.2) is 29.9 Å². The van der Waals surface area contributed by atoms with E-state index < -0.39 is 0 Å². The Labute approximate surface area is 233 Å². The Bertz CT molecular complexity index is 1630. The number of hydrogen-bond acceptors (Lipinski definition) is 6. The highest BCUT2D eigenvalue weighted by Crippen LogP contribution is 2.22. The van der Waals surface area contributed by atoms with Gasteiger partial charge in [0.2, 0.25) is 0 Å². The van der Waals surface area contributed by atoms with Crippen molar-refractivity contribution in [3.05, 3.63) is 143 Å². The normalized spacial score (nSPS) is 10.9. The van der Waals surface area contributed by atoms with Crippen LogP contribution in [0.3, 0.4) is 0 Å². The summed E-state index contributed by atoms with van der Waals surface area (Å²) in [5, 5.41) is 0. The summed E-state index contributed by atoms with van der Waals surface area (Å²) in [7, 11) is 0. The van der Waals surface area contributed by atoms with Crippen molar-refractivity contribution >= 4 is 0 Å². The van der Waals surface area contributed by atoms with Crippen LogP contribution in [0.5, 0.6) is 0 Å². The predicted molar refractivity (Wildman–Crippen MR) is 157 cm³/mol. The second-order valence-corrected chi connectivity index (χ2v) is 9.99. The van der Waals surface area contributed by atoms with Crippen molar-refractivity contribution in [2.45, 2.75) is 26.7 Å². The average molecular weight is 521 g/mol. The van der Waals surface area contributed by atoms with Gasteiger partial charge in [-0.2, -0.15) is 0 Å². The van der Waals surface area contributed by atoms with Gasteiger partial charge in [-0.05, 0) is 121 Å². The van der Waals surface area contributed by atoms with E-state index in [0.29, 0.717) is 0 Å². The van der Waals surface area contributed by atoms with E-state index in [1.807, 2.05) is 73.6 Å². The monoisotopic (exact) mass is 520 g/mol. The molecule has 0 fully saturated rings. The molecule has 194 valence electrons. The SMILES string of the molecule is Cc1ccnc(-c2cc(Cc3ccc(-c4ccc(Cc5ccnc(-c6cc(C)ccn6)c5)cn4)nc3)ccn2)c1. The molecule has 6 heterocycles. The fourth-order valence-corrected chi connectivity index (χ4v) is 4.63. The number of aromatic nitrogens is 6. The molecule has 0 aliphatic carbocycles. The molecule has 0 aromatic carbocycles. The molecule has 0 amide bonds. The number of nitrogens with zero attached hydrogens (tertiary/aromatic N) is 6. The molecule has 40 heavy (non-hydrogen) atoms. The minimum absolute atomic E-state index is 0.771. The molecule has 0 bridgehead atoms. The molecule has 0 radical (unpaired) electrons. The third-order valence-electron chi connectivity index (χ3n) is 6.73. The minimum Gasteiger partial charge on any atom is -0.255 e. The maximum atomic E-state index is 4.70.